The zero-order chi connectivity index (χ0) is 22.2. The van der Waals surface area contributed by atoms with Crippen LogP contribution < -0.4 is 0 Å². The summed E-state index contributed by atoms with van der Waals surface area (Å²) in [4.78, 5) is 0. The largest absolute Gasteiger partial charge is 0.472 e. The van der Waals surface area contributed by atoms with Crippen molar-refractivity contribution < 1.29 is 48.5 Å². The van der Waals surface area contributed by atoms with Crippen molar-refractivity contribution in [2.24, 2.45) is 11.8 Å². The van der Waals surface area contributed by atoms with E-state index in [-0.39, 0.29) is 19.1 Å². The molecule has 10 atom stereocenters. The summed E-state index contributed by atoms with van der Waals surface area (Å²) >= 11 is 0. The number of aliphatic hydroxyl groups excluding tert-OH is 3. The second-order valence-corrected chi connectivity index (χ2v) is 10.0. The molecule has 5 aliphatic rings. The summed E-state index contributed by atoms with van der Waals surface area (Å²) in [6.07, 6.45) is -2.99. The number of ether oxygens (including phenoxy) is 7. The number of aliphatic hydroxyl groups is 3. The van der Waals surface area contributed by atoms with Crippen LogP contribution in [0.15, 0.2) is 12.3 Å². The van der Waals surface area contributed by atoms with Crippen molar-refractivity contribution in [3.63, 3.8) is 0 Å². The monoisotopic (exact) mass is 444 g/mol. The van der Waals surface area contributed by atoms with Gasteiger partial charge in [0, 0.05) is 12.3 Å². The lowest BCUT2D eigenvalue weighted by atomic mass is 9.84. The van der Waals surface area contributed by atoms with Gasteiger partial charge < -0.3 is 48.5 Å². The SMILES string of the molecule is CC1(C)OC[C@H]2O[C@@H](OC3OC=CC4C3[C@]3(COC(C)(C)O3)C[C@H]4O)[C@H](O)[C@@H](O)[C@@H]2O1. The highest BCUT2D eigenvalue weighted by Gasteiger charge is 2.64. The Hall–Kier alpha value is -0.820. The summed E-state index contributed by atoms with van der Waals surface area (Å²) in [6, 6.07) is 0. The Kier molecular flexibility index (Phi) is 5.21. The summed E-state index contributed by atoms with van der Waals surface area (Å²) in [5.41, 5.74) is -0.801. The second-order valence-electron chi connectivity index (χ2n) is 10.0. The minimum atomic E-state index is -1.36. The van der Waals surface area contributed by atoms with Crippen molar-refractivity contribution >= 4 is 0 Å². The van der Waals surface area contributed by atoms with Gasteiger partial charge in [-0.3, -0.25) is 0 Å². The van der Waals surface area contributed by atoms with E-state index < -0.39 is 66.2 Å². The van der Waals surface area contributed by atoms with E-state index in [2.05, 4.69) is 0 Å². The summed E-state index contributed by atoms with van der Waals surface area (Å²) in [7, 11) is 0. The molecule has 10 nitrogen and oxygen atoms in total. The van der Waals surface area contributed by atoms with Crippen LogP contribution in [0, 0.1) is 11.8 Å². The first-order valence-corrected chi connectivity index (χ1v) is 10.8. The van der Waals surface area contributed by atoms with Crippen LogP contribution in [-0.4, -0.2) is 88.8 Å². The molecule has 0 aromatic rings. The number of rotatable bonds is 2. The van der Waals surface area contributed by atoms with Crippen LogP contribution in [0.3, 0.4) is 0 Å². The lowest BCUT2D eigenvalue weighted by molar-refractivity contribution is -0.398. The Morgan fingerprint density at radius 2 is 1.74 bits per heavy atom. The molecule has 3 N–H and O–H groups in total. The topological polar surface area (TPSA) is 125 Å². The van der Waals surface area contributed by atoms with Crippen LogP contribution in [0.5, 0.6) is 0 Å². The Balaban J connectivity index is 1.35. The number of hydrogen-bond donors (Lipinski definition) is 3. The zero-order valence-electron chi connectivity index (χ0n) is 18.2. The molecular weight excluding hydrogens is 412 g/mol. The van der Waals surface area contributed by atoms with Crippen molar-refractivity contribution in [2.45, 2.75) is 94.4 Å². The molecule has 3 saturated heterocycles. The molecule has 0 aromatic heterocycles. The fraction of sp³-hybridized carbons (Fsp3) is 0.905. The highest BCUT2D eigenvalue weighted by molar-refractivity contribution is 5.14. The minimum Gasteiger partial charge on any atom is -0.472 e. The van der Waals surface area contributed by atoms with Crippen LogP contribution in [0.2, 0.25) is 0 Å². The summed E-state index contributed by atoms with van der Waals surface area (Å²) in [5, 5.41) is 32.1. The molecule has 0 aromatic carbocycles. The maximum absolute atomic E-state index is 10.7. The number of fused-ring (bicyclic) bond motifs is 3. The van der Waals surface area contributed by atoms with E-state index >= 15 is 0 Å². The normalized spacial score (nSPS) is 52.5. The van der Waals surface area contributed by atoms with Gasteiger partial charge in [0.05, 0.1) is 31.5 Å². The summed E-state index contributed by atoms with van der Waals surface area (Å²) in [6.45, 7) is 7.60. The maximum Gasteiger partial charge on any atom is 0.208 e. The molecule has 176 valence electrons. The van der Waals surface area contributed by atoms with Gasteiger partial charge in [0.15, 0.2) is 17.9 Å². The van der Waals surface area contributed by atoms with Gasteiger partial charge in [0.1, 0.15) is 30.0 Å². The van der Waals surface area contributed by atoms with Crippen LogP contribution in [0.1, 0.15) is 34.1 Å². The van der Waals surface area contributed by atoms with Gasteiger partial charge in [-0.15, -0.1) is 0 Å². The van der Waals surface area contributed by atoms with Crippen LogP contribution in [0.25, 0.3) is 0 Å². The van der Waals surface area contributed by atoms with Crippen molar-refractivity contribution in [2.75, 3.05) is 13.2 Å². The average molecular weight is 444 g/mol. The molecule has 0 radical (unpaired) electrons. The summed E-state index contributed by atoms with van der Waals surface area (Å²) < 4.78 is 41.2. The summed E-state index contributed by atoms with van der Waals surface area (Å²) in [5.74, 6) is -2.34. The number of hydrogen-bond acceptors (Lipinski definition) is 10. The smallest absolute Gasteiger partial charge is 0.208 e. The molecule has 31 heavy (non-hydrogen) atoms. The quantitative estimate of drug-likeness (QED) is 0.535. The van der Waals surface area contributed by atoms with Crippen molar-refractivity contribution in [3.8, 4) is 0 Å². The fourth-order valence-corrected chi connectivity index (χ4v) is 5.49. The van der Waals surface area contributed by atoms with E-state index in [0.29, 0.717) is 6.42 Å². The van der Waals surface area contributed by atoms with E-state index in [9.17, 15) is 15.3 Å². The first kappa shape index (κ1) is 22.0. The molecule has 4 fully saturated rings. The molecule has 1 spiro atoms. The molecule has 3 unspecified atom stereocenters. The predicted molar refractivity (Wildman–Crippen MR) is 102 cm³/mol. The van der Waals surface area contributed by atoms with E-state index in [1.54, 1.807) is 19.9 Å². The van der Waals surface area contributed by atoms with Crippen molar-refractivity contribution in [1.82, 2.24) is 0 Å². The van der Waals surface area contributed by atoms with Gasteiger partial charge >= 0.3 is 0 Å². The lowest BCUT2D eigenvalue weighted by Crippen LogP contribution is -2.65. The van der Waals surface area contributed by atoms with Crippen LogP contribution >= 0.6 is 0 Å². The highest BCUT2D eigenvalue weighted by Crippen LogP contribution is 2.53. The molecule has 1 aliphatic carbocycles. The first-order valence-electron chi connectivity index (χ1n) is 10.8. The zero-order valence-corrected chi connectivity index (χ0v) is 18.2. The van der Waals surface area contributed by atoms with Gasteiger partial charge in [0.2, 0.25) is 6.29 Å². The fourth-order valence-electron chi connectivity index (χ4n) is 5.49. The van der Waals surface area contributed by atoms with Crippen molar-refractivity contribution in [1.29, 1.82) is 0 Å². The van der Waals surface area contributed by atoms with E-state index in [1.165, 1.54) is 6.26 Å². The molecule has 1 saturated carbocycles. The Labute approximate surface area is 180 Å². The minimum absolute atomic E-state index is 0.187. The molecule has 4 heterocycles. The predicted octanol–water partition coefficient (Wildman–Crippen LogP) is -0.0101. The lowest BCUT2D eigenvalue weighted by Gasteiger charge is -2.49. The van der Waals surface area contributed by atoms with Gasteiger partial charge in [-0.25, -0.2) is 0 Å². The third kappa shape index (κ3) is 3.71. The van der Waals surface area contributed by atoms with E-state index in [4.69, 9.17) is 33.2 Å². The molecule has 4 aliphatic heterocycles. The molecule has 10 heteroatoms. The Morgan fingerprint density at radius 3 is 2.45 bits per heavy atom. The molecule has 5 rings (SSSR count). The Bertz CT molecular complexity index is 723. The van der Waals surface area contributed by atoms with Gasteiger partial charge in [0.25, 0.3) is 0 Å². The average Bonchev–Trinajstić information content (AvgIpc) is 3.15. The van der Waals surface area contributed by atoms with E-state index in [1.807, 2.05) is 13.8 Å². The standard InChI is InChI=1S/C21H32O10/c1-19(2)26-8-12-16(30-19)14(23)15(24)18(28-12)29-17-13-10(5-6-25-17)11(22)7-21(13)9-27-20(3,4)31-21/h5-6,10-18,22-24H,7-9H2,1-4H3/t10?,11-,12-,13?,14-,15-,16-,17?,18+,21-/m1/s1. The molecular formula is C21H32O10. The van der Waals surface area contributed by atoms with Gasteiger partial charge in [-0.05, 0) is 33.8 Å². The second kappa shape index (κ2) is 7.34. The third-order valence-electron chi connectivity index (χ3n) is 6.87. The molecule has 0 amide bonds. The third-order valence-corrected chi connectivity index (χ3v) is 6.87. The Morgan fingerprint density at radius 1 is 0.968 bits per heavy atom. The molecule has 0 bridgehead atoms. The van der Waals surface area contributed by atoms with Gasteiger partial charge in [-0.2, -0.15) is 0 Å². The maximum atomic E-state index is 10.7. The van der Waals surface area contributed by atoms with Crippen LogP contribution in [0.4, 0.5) is 0 Å². The van der Waals surface area contributed by atoms with Crippen molar-refractivity contribution in [3.05, 3.63) is 12.3 Å². The first-order chi connectivity index (χ1) is 14.5. The van der Waals surface area contributed by atoms with Crippen LogP contribution in [-0.2, 0) is 33.2 Å². The van der Waals surface area contributed by atoms with E-state index in [0.717, 1.165) is 0 Å². The van der Waals surface area contributed by atoms with Gasteiger partial charge in [-0.1, -0.05) is 0 Å². The highest BCUT2D eigenvalue weighted by atomic mass is 16.8.